The lowest BCUT2D eigenvalue weighted by Gasteiger charge is -2.29. The second-order valence-electron chi connectivity index (χ2n) is 4.27. The molecule has 0 unspecified atom stereocenters. The molecule has 0 fully saturated rings. The van der Waals surface area contributed by atoms with Crippen LogP contribution in [0.15, 0.2) is 0 Å². The van der Waals surface area contributed by atoms with Crippen LogP contribution in [0.25, 0.3) is 0 Å². The van der Waals surface area contributed by atoms with Crippen LogP contribution in [-0.2, 0) is 13.3 Å². The molecule has 4 nitrogen and oxygen atoms in total. The van der Waals surface area contributed by atoms with Gasteiger partial charge in [-0.05, 0) is 37.4 Å². The molecule has 0 bridgehead atoms. The predicted molar refractivity (Wildman–Crippen MR) is 82.0 cm³/mol. The molecule has 0 aromatic heterocycles. The molecule has 0 aliphatic carbocycles. The van der Waals surface area contributed by atoms with Crippen LogP contribution in [0.3, 0.4) is 0 Å². The van der Waals surface area contributed by atoms with Crippen LogP contribution in [0.2, 0.25) is 6.04 Å². The quantitative estimate of drug-likeness (QED) is 0.294. The molecule has 0 rings (SSSR count). The van der Waals surface area contributed by atoms with E-state index < -0.39 is 8.80 Å². The Morgan fingerprint density at radius 1 is 0.947 bits per heavy atom. The molecular formula is C13H27NO3SSi. The zero-order valence-corrected chi connectivity index (χ0v) is 14.3. The molecule has 0 aromatic carbocycles. The Morgan fingerprint density at radius 3 is 1.79 bits per heavy atom. The molecule has 0 spiro atoms. The number of thiocyanates is 1. The maximum absolute atomic E-state index is 8.55. The van der Waals surface area contributed by atoms with Gasteiger partial charge in [0.25, 0.3) is 0 Å². The molecule has 0 aliphatic rings. The summed E-state index contributed by atoms with van der Waals surface area (Å²) >= 11 is 1.28. The van der Waals surface area contributed by atoms with Crippen molar-refractivity contribution < 1.29 is 13.3 Å². The highest BCUT2D eigenvalue weighted by Gasteiger charge is 2.40. The molecule has 0 N–H and O–H groups in total. The second-order valence-corrected chi connectivity index (χ2v) is 7.88. The van der Waals surface area contributed by atoms with Gasteiger partial charge in [0.15, 0.2) is 0 Å². The monoisotopic (exact) mass is 305 g/mol. The van der Waals surface area contributed by atoms with Gasteiger partial charge in [0.05, 0.1) is 0 Å². The van der Waals surface area contributed by atoms with Gasteiger partial charge in [0.2, 0.25) is 0 Å². The number of nitrogens with zero attached hydrogens (tertiary/aromatic N) is 1. The van der Waals surface area contributed by atoms with E-state index in [4.69, 9.17) is 18.5 Å². The lowest BCUT2D eigenvalue weighted by molar-refractivity contribution is 0.0591. The highest BCUT2D eigenvalue weighted by atomic mass is 32.2. The highest BCUT2D eigenvalue weighted by Crippen LogP contribution is 2.20. The van der Waals surface area contributed by atoms with Crippen LogP contribution in [-0.4, -0.2) is 34.4 Å². The first kappa shape index (κ1) is 18.9. The summed E-state index contributed by atoms with van der Waals surface area (Å²) in [5.74, 6) is 0.811. The van der Waals surface area contributed by atoms with Gasteiger partial charge >= 0.3 is 8.80 Å². The first-order valence-corrected chi connectivity index (χ1v) is 10.1. The Bertz CT molecular complexity index is 227. The Labute approximate surface area is 123 Å². The van der Waals surface area contributed by atoms with Crippen molar-refractivity contribution in [1.82, 2.24) is 0 Å². The molecule has 0 atom stereocenters. The van der Waals surface area contributed by atoms with Gasteiger partial charge < -0.3 is 13.3 Å². The van der Waals surface area contributed by atoms with Crippen molar-refractivity contribution in [2.75, 3.05) is 25.6 Å². The van der Waals surface area contributed by atoms with Gasteiger partial charge in [-0.2, -0.15) is 5.26 Å². The summed E-state index contributed by atoms with van der Waals surface area (Å²) in [5, 5.41) is 10.6. The fourth-order valence-electron chi connectivity index (χ4n) is 1.52. The Kier molecular flexibility index (Phi) is 12.9. The van der Waals surface area contributed by atoms with Gasteiger partial charge in [-0.25, -0.2) is 0 Å². The summed E-state index contributed by atoms with van der Waals surface area (Å²) in [5.41, 5.74) is 0. The first-order valence-electron chi connectivity index (χ1n) is 7.17. The van der Waals surface area contributed by atoms with E-state index in [1.807, 2.05) is 0 Å². The van der Waals surface area contributed by atoms with Crippen LogP contribution in [0.5, 0.6) is 0 Å². The third kappa shape index (κ3) is 9.47. The molecule has 0 saturated heterocycles. The topological polar surface area (TPSA) is 51.5 Å². The smallest absolute Gasteiger partial charge is 0.373 e. The molecular weight excluding hydrogens is 278 g/mol. The number of nitriles is 1. The minimum Gasteiger partial charge on any atom is -0.373 e. The minimum atomic E-state index is -2.53. The van der Waals surface area contributed by atoms with Crippen LogP contribution in [0, 0.1) is 10.7 Å². The fourth-order valence-corrected chi connectivity index (χ4v) is 5.00. The van der Waals surface area contributed by atoms with Crippen molar-refractivity contribution in [2.45, 2.75) is 52.5 Å². The third-order valence-corrected chi connectivity index (χ3v) is 5.89. The van der Waals surface area contributed by atoms with E-state index >= 15 is 0 Å². The highest BCUT2D eigenvalue weighted by molar-refractivity contribution is 8.03. The largest absolute Gasteiger partial charge is 0.500 e. The molecule has 6 heteroatoms. The van der Waals surface area contributed by atoms with E-state index in [0.717, 1.165) is 37.5 Å². The van der Waals surface area contributed by atoms with E-state index in [-0.39, 0.29) is 0 Å². The van der Waals surface area contributed by atoms with Gasteiger partial charge in [0, 0.05) is 31.6 Å². The maximum Gasteiger partial charge on any atom is 0.500 e. The molecule has 19 heavy (non-hydrogen) atoms. The normalized spacial score (nSPS) is 11.5. The second kappa shape index (κ2) is 12.9. The van der Waals surface area contributed by atoms with Crippen molar-refractivity contribution in [2.24, 2.45) is 0 Å². The fraction of sp³-hybridized carbons (Fsp3) is 0.923. The van der Waals surface area contributed by atoms with Gasteiger partial charge in [0.1, 0.15) is 5.40 Å². The number of thioether (sulfide) groups is 1. The lowest BCUT2D eigenvalue weighted by atomic mass is 10.5. The molecule has 0 radical (unpaired) electrons. The maximum atomic E-state index is 8.55. The average Bonchev–Trinajstić information content (AvgIpc) is 2.44. The van der Waals surface area contributed by atoms with E-state index in [0.29, 0.717) is 19.8 Å². The first-order chi connectivity index (χ1) is 9.24. The average molecular weight is 306 g/mol. The molecule has 112 valence electrons. The van der Waals surface area contributed by atoms with Crippen LogP contribution >= 0.6 is 11.8 Å². The Balaban J connectivity index is 4.43. The van der Waals surface area contributed by atoms with Crippen molar-refractivity contribution >= 4 is 20.6 Å². The molecule has 0 heterocycles. The van der Waals surface area contributed by atoms with Crippen molar-refractivity contribution in [3.8, 4) is 5.40 Å². The van der Waals surface area contributed by atoms with Crippen molar-refractivity contribution in [3.05, 3.63) is 0 Å². The van der Waals surface area contributed by atoms with Gasteiger partial charge in [-0.1, -0.05) is 20.8 Å². The molecule has 0 aromatic rings. The summed E-state index contributed by atoms with van der Waals surface area (Å²) in [6, 6.07) is 0.807. The Hall–Kier alpha value is -0.0631. The number of hydrogen-bond donors (Lipinski definition) is 0. The number of hydrogen-bond acceptors (Lipinski definition) is 5. The molecule has 0 aliphatic heterocycles. The van der Waals surface area contributed by atoms with Crippen molar-refractivity contribution in [1.29, 1.82) is 5.26 Å². The summed E-state index contributed by atoms with van der Waals surface area (Å²) in [4.78, 5) is 0. The van der Waals surface area contributed by atoms with E-state index in [1.165, 1.54) is 11.8 Å². The van der Waals surface area contributed by atoms with Crippen molar-refractivity contribution in [3.63, 3.8) is 0 Å². The van der Waals surface area contributed by atoms with E-state index in [2.05, 4.69) is 26.2 Å². The Morgan fingerprint density at radius 2 is 1.42 bits per heavy atom. The minimum absolute atomic E-state index is 0.686. The SMILES string of the molecule is CCCO[Si](CCCSC#N)(OCCC)OCCC. The van der Waals surface area contributed by atoms with E-state index in [9.17, 15) is 0 Å². The molecule has 0 amide bonds. The summed E-state index contributed by atoms with van der Waals surface area (Å²) < 4.78 is 17.9. The lowest BCUT2D eigenvalue weighted by Crippen LogP contribution is -2.46. The summed E-state index contributed by atoms with van der Waals surface area (Å²) in [7, 11) is -2.53. The predicted octanol–water partition coefficient (Wildman–Crippen LogP) is 3.81. The number of rotatable bonds is 13. The van der Waals surface area contributed by atoms with Crippen LogP contribution in [0.4, 0.5) is 0 Å². The molecule has 0 saturated carbocycles. The van der Waals surface area contributed by atoms with Gasteiger partial charge in [-0.15, -0.1) is 0 Å². The summed E-state index contributed by atoms with van der Waals surface area (Å²) in [6.07, 6.45) is 3.80. The van der Waals surface area contributed by atoms with Gasteiger partial charge in [-0.3, -0.25) is 0 Å². The van der Waals surface area contributed by atoms with Crippen LogP contribution in [0.1, 0.15) is 46.5 Å². The summed E-state index contributed by atoms with van der Waals surface area (Å²) in [6.45, 7) is 8.32. The zero-order chi connectivity index (χ0) is 14.4. The standard InChI is InChI=1S/C13H27NO3SSi/c1-4-8-15-19(16-9-5-2,17-10-6-3)12-7-11-18-13-14/h4-12H2,1-3H3. The van der Waals surface area contributed by atoms with Crippen LogP contribution < -0.4 is 0 Å². The third-order valence-electron chi connectivity index (χ3n) is 2.37. The zero-order valence-electron chi connectivity index (χ0n) is 12.4. The van der Waals surface area contributed by atoms with E-state index in [1.54, 1.807) is 0 Å².